The third-order valence-corrected chi connectivity index (χ3v) is 4.28. The highest BCUT2D eigenvalue weighted by Crippen LogP contribution is 2.30. The molecule has 0 aromatic heterocycles. The minimum Gasteiger partial charge on any atom is -0.374 e. The molecule has 1 fully saturated rings. The van der Waals surface area contributed by atoms with Crippen molar-refractivity contribution >= 4 is 17.3 Å². The third kappa shape index (κ3) is 2.27. The van der Waals surface area contributed by atoms with Crippen molar-refractivity contribution in [2.75, 3.05) is 49.6 Å². The molecule has 4 heteroatoms. The van der Waals surface area contributed by atoms with E-state index < -0.39 is 0 Å². The van der Waals surface area contributed by atoms with Gasteiger partial charge in [-0.05, 0) is 30.2 Å². The molecule has 19 heavy (non-hydrogen) atoms. The minimum absolute atomic E-state index is 0.190. The lowest BCUT2D eigenvalue weighted by Crippen LogP contribution is -2.48. The minimum atomic E-state index is 0.190. The Hall–Kier alpha value is -1.71. The normalized spacial score (nSPS) is 18.7. The molecule has 1 aromatic rings. The van der Waals surface area contributed by atoms with Crippen LogP contribution in [0.4, 0.5) is 11.4 Å². The highest BCUT2D eigenvalue weighted by molar-refractivity contribution is 5.73. The zero-order valence-electron chi connectivity index (χ0n) is 11.7. The van der Waals surface area contributed by atoms with Gasteiger partial charge in [-0.25, -0.2) is 0 Å². The number of carbonyl (C=O) groups excluding carboxylic acids is 1. The van der Waals surface area contributed by atoms with Crippen LogP contribution in [-0.2, 0) is 11.2 Å². The van der Waals surface area contributed by atoms with Crippen LogP contribution in [0, 0.1) is 0 Å². The van der Waals surface area contributed by atoms with E-state index >= 15 is 0 Å². The molecule has 0 atom stereocenters. The van der Waals surface area contributed by atoms with E-state index in [0.717, 1.165) is 39.1 Å². The van der Waals surface area contributed by atoms with Crippen LogP contribution in [0.15, 0.2) is 18.2 Å². The number of fused-ring (bicyclic) bond motifs is 1. The van der Waals surface area contributed by atoms with Crippen molar-refractivity contribution in [2.24, 2.45) is 0 Å². The van der Waals surface area contributed by atoms with Gasteiger partial charge < -0.3 is 14.7 Å². The maximum Gasteiger partial charge on any atom is 0.219 e. The van der Waals surface area contributed by atoms with Crippen molar-refractivity contribution in [1.29, 1.82) is 0 Å². The number of hydrogen-bond acceptors (Lipinski definition) is 3. The largest absolute Gasteiger partial charge is 0.374 e. The fraction of sp³-hybridized carbons (Fsp3) is 0.533. The van der Waals surface area contributed by atoms with Crippen molar-refractivity contribution in [2.45, 2.75) is 13.3 Å². The van der Waals surface area contributed by atoms with Crippen molar-refractivity contribution in [1.82, 2.24) is 4.90 Å². The number of carbonyl (C=O) groups is 1. The van der Waals surface area contributed by atoms with E-state index in [0.29, 0.717) is 0 Å². The topological polar surface area (TPSA) is 26.8 Å². The third-order valence-electron chi connectivity index (χ3n) is 4.28. The number of piperazine rings is 1. The molecule has 2 aliphatic heterocycles. The van der Waals surface area contributed by atoms with E-state index in [2.05, 4.69) is 35.0 Å². The maximum absolute atomic E-state index is 11.3. The quantitative estimate of drug-likeness (QED) is 0.761. The fourth-order valence-electron chi connectivity index (χ4n) is 3.03. The summed E-state index contributed by atoms with van der Waals surface area (Å²) in [6.45, 7) is 6.33. The van der Waals surface area contributed by atoms with Crippen LogP contribution in [0.25, 0.3) is 0 Å². The van der Waals surface area contributed by atoms with Crippen LogP contribution in [0.2, 0.25) is 0 Å². The number of amides is 1. The summed E-state index contributed by atoms with van der Waals surface area (Å²) in [4.78, 5) is 18.0. The van der Waals surface area contributed by atoms with E-state index in [4.69, 9.17) is 0 Å². The molecule has 0 N–H and O–H groups in total. The molecule has 0 saturated carbocycles. The zero-order chi connectivity index (χ0) is 13.4. The van der Waals surface area contributed by atoms with E-state index in [1.165, 1.54) is 16.9 Å². The van der Waals surface area contributed by atoms with Crippen LogP contribution in [0.3, 0.4) is 0 Å². The Morgan fingerprint density at radius 2 is 1.84 bits per heavy atom. The Morgan fingerprint density at radius 1 is 1.11 bits per heavy atom. The molecule has 1 saturated heterocycles. The number of likely N-dealkylation sites (N-methyl/N-ethyl adjacent to an activating group) is 1. The average Bonchev–Trinajstić information content (AvgIpc) is 2.80. The zero-order valence-corrected chi connectivity index (χ0v) is 11.7. The fourth-order valence-corrected chi connectivity index (χ4v) is 3.03. The second kappa shape index (κ2) is 4.76. The molecule has 1 aromatic carbocycles. The average molecular weight is 259 g/mol. The van der Waals surface area contributed by atoms with E-state index in [1.807, 2.05) is 4.90 Å². The van der Waals surface area contributed by atoms with Crippen LogP contribution < -0.4 is 9.80 Å². The standard InChI is InChI=1S/C15H21N3O/c1-12(19)17-7-9-18(10-8-17)14-3-4-15-13(11-14)5-6-16(15)2/h3-4,11H,5-10H2,1-2H3. The van der Waals surface area contributed by atoms with Crippen molar-refractivity contribution in [3.8, 4) is 0 Å². The molecular formula is C15H21N3O. The van der Waals surface area contributed by atoms with Gasteiger partial charge in [0.05, 0.1) is 0 Å². The Morgan fingerprint density at radius 3 is 2.53 bits per heavy atom. The summed E-state index contributed by atoms with van der Waals surface area (Å²) in [5, 5.41) is 0. The number of hydrogen-bond donors (Lipinski definition) is 0. The summed E-state index contributed by atoms with van der Waals surface area (Å²) in [5.41, 5.74) is 4.12. The van der Waals surface area contributed by atoms with E-state index in [9.17, 15) is 4.79 Å². The summed E-state index contributed by atoms with van der Waals surface area (Å²) in [6.07, 6.45) is 1.15. The first-order valence-electron chi connectivity index (χ1n) is 6.99. The summed E-state index contributed by atoms with van der Waals surface area (Å²) in [6, 6.07) is 6.77. The van der Waals surface area contributed by atoms with Gasteiger partial charge in [0.25, 0.3) is 0 Å². The van der Waals surface area contributed by atoms with Gasteiger partial charge in [0.1, 0.15) is 0 Å². The highest BCUT2D eigenvalue weighted by atomic mass is 16.2. The van der Waals surface area contributed by atoms with Crippen LogP contribution in [0.1, 0.15) is 12.5 Å². The lowest BCUT2D eigenvalue weighted by atomic mass is 10.1. The van der Waals surface area contributed by atoms with Gasteiger partial charge in [0.2, 0.25) is 5.91 Å². The second-order valence-electron chi connectivity index (χ2n) is 5.48. The van der Waals surface area contributed by atoms with Gasteiger partial charge in [-0.2, -0.15) is 0 Å². The molecule has 0 spiro atoms. The number of benzene rings is 1. The molecule has 0 unspecified atom stereocenters. The van der Waals surface area contributed by atoms with Gasteiger partial charge in [0, 0.05) is 58.1 Å². The maximum atomic E-state index is 11.3. The first-order valence-corrected chi connectivity index (χ1v) is 6.99. The monoisotopic (exact) mass is 259 g/mol. The predicted octanol–water partition coefficient (Wildman–Crippen LogP) is 1.35. The van der Waals surface area contributed by atoms with Gasteiger partial charge in [-0.3, -0.25) is 4.79 Å². The number of anilines is 2. The Bertz CT molecular complexity index is 492. The van der Waals surface area contributed by atoms with Crippen molar-refractivity contribution < 1.29 is 4.79 Å². The number of nitrogens with zero attached hydrogens (tertiary/aromatic N) is 3. The molecule has 2 aliphatic rings. The lowest BCUT2D eigenvalue weighted by Gasteiger charge is -2.35. The molecule has 2 heterocycles. The Labute approximate surface area is 114 Å². The molecule has 0 aliphatic carbocycles. The molecule has 0 bridgehead atoms. The van der Waals surface area contributed by atoms with Crippen molar-refractivity contribution in [3.63, 3.8) is 0 Å². The molecule has 102 valence electrons. The summed E-state index contributed by atoms with van der Waals surface area (Å²) >= 11 is 0. The smallest absolute Gasteiger partial charge is 0.219 e. The Kier molecular flexibility index (Phi) is 3.09. The molecule has 3 rings (SSSR count). The van der Waals surface area contributed by atoms with Crippen LogP contribution in [0.5, 0.6) is 0 Å². The van der Waals surface area contributed by atoms with Gasteiger partial charge in [-0.1, -0.05) is 0 Å². The van der Waals surface area contributed by atoms with Crippen LogP contribution >= 0.6 is 0 Å². The summed E-state index contributed by atoms with van der Waals surface area (Å²) in [7, 11) is 2.15. The lowest BCUT2D eigenvalue weighted by molar-refractivity contribution is -0.129. The Balaban J connectivity index is 1.73. The van der Waals surface area contributed by atoms with Gasteiger partial charge in [-0.15, -0.1) is 0 Å². The first-order chi connectivity index (χ1) is 9.15. The summed E-state index contributed by atoms with van der Waals surface area (Å²) < 4.78 is 0. The van der Waals surface area contributed by atoms with Gasteiger partial charge >= 0.3 is 0 Å². The molecular weight excluding hydrogens is 238 g/mol. The SMILES string of the molecule is CC(=O)N1CCN(c2ccc3c(c2)CCN3C)CC1. The molecule has 0 radical (unpaired) electrons. The van der Waals surface area contributed by atoms with Crippen LogP contribution in [-0.4, -0.2) is 50.6 Å². The van der Waals surface area contributed by atoms with Gasteiger partial charge in [0.15, 0.2) is 0 Å². The highest BCUT2D eigenvalue weighted by Gasteiger charge is 2.21. The predicted molar refractivity (Wildman–Crippen MR) is 77.9 cm³/mol. The number of rotatable bonds is 1. The molecule has 4 nitrogen and oxygen atoms in total. The van der Waals surface area contributed by atoms with E-state index in [1.54, 1.807) is 6.92 Å². The first kappa shape index (κ1) is 12.3. The van der Waals surface area contributed by atoms with Crippen molar-refractivity contribution in [3.05, 3.63) is 23.8 Å². The molecule has 1 amide bonds. The van der Waals surface area contributed by atoms with E-state index in [-0.39, 0.29) is 5.91 Å². The second-order valence-corrected chi connectivity index (χ2v) is 5.48. The summed E-state index contributed by atoms with van der Waals surface area (Å²) in [5.74, 6) is 0.190.